The van der Waals surface area contributed by atoms with Crippen molar-refractivity contribution in [2.45, 2.75) is 0 Å². The van der Waals surface area contributed by atoms with Gasteiger partial charge >= 0.3 is 0 Å². The molecule has 0 saturated heterocycles. The normalized spacial score (nSPS) is 9.71. The van der Waals surface area contributed by atoms with Gasteiger partial charge in [0, 0.05) is 10.7 Å². The van der Waals surface area contributed by atoms with E-state index in [9.17, 15) is 4.39 Å². The van der Waals surface area contributed by atoms with Crippen molar-refractivity contribution in [3.05, 3.63) is 58.9 Å². The van der Waals surface area contributed by atoms with Crippen molar-refractivity contribution in [2.75, 3.05) is 5.32 Å². The second kappa shape index (κ2) is 4.86. The molecule has 0 aliphatic rings. The molecule has 0 spiro atoms. The Balaban J connectivity index is 2.35. The number of halogens is 2. The summed E-state index contributed by atoms with van der Waals surface area (Å²) in [6, 6.07) is 13.2. The topological polar surface area (TPSA) is 35.8 Å². The third kappa shape index (κ3) is 2.74. The summed E-state index contributed by atoms with van der Waals surface area (Å²) in [6.45, 7) is 0. The van der Waals surface area contributed by atoms with Crippen LogP contribution in [0.4, 0.5) is 15.8 Å². The first-order valence-corrected chi connectivity index (χ1v) is 5.29. The minimum absolute atomic E-state index is 0.307. The molecule has 0 saturated carbocycles. The number of nitrogens with one attached hydrogen (secondary N) is 1. The quantitative estimate of drug-likeness (QED) is 0.866. The second-order valence-electron chi connectivity index (χ2n) is 3.44. The van der Waals surface area contributed by atoms with Crippen LogP contribution in [0.1, 0.15) is 5.56 Å². The Morgan fingerprint density at radius 3 is 2.65 bits per heavy atom. The minimum Gasteiger partial charge on any atom is -0.354 e. The predicted molar refractivity (Wildman–Crippen MR) is 65.8 cm³/mol. The summed E-state index contributed by atoms with van der Waals surface area (Å²) in [7, 11) is 0. The van der Waals surface area contributed by atoms with Crippen LogP contribution >= 0.6 is 11.6 Å². The molecule has 0 fully saturated rings. The van der Waals surface area contributed by atoms with Crippen LogP contribution in [0, 0.1) is 17.1 Å². The first-order valence-electron chi connectivity index (χ1n) is 4.91. The SMILES string of the molecule is N#Cc1ccccc1Nc1cc(F)cc(Cl)c1. The fourth-order valence-corrected chi connectivity index (χ4v) is 1.69. The van der Waals surface area contributed by atoms with Crippen molar-refractivity contribution in [1.29, 1.82) is 5.26 Å². The van der Waals surface area contributed by atoms with E-state index in [2.05, 4.69) is 11.4 Å². The fourth-order valence-electron chi connectivity index (χ4n) is 1.47. The Bertz CT molecular complexity index is 570. The van der Waals surface area contributed by atoms with E-state index in [1.54, 1.807) is 30.3 Å². The number of nitriles is 1. The van der Waals surface area contributed by atoms with Gasteiger partial charge in [-0.3, -0.25) is 0 Å². The molecule has 0 aliphatic carbocycles. The van der Waals surface area contributed by atoms with Crippen LogP contribution in [-0.4, -0.2) is 0 Å². The maximum absolute atomic E-state index is 13.1. The van der Waals surface area contributed by atoms with Gasteiger partial charge in [0.15, 0.2) is 0 Å². The Labute approximate surface area is 103 Å². The van der Waals surface area contributed by atoms with Crippen molar-refractivity contribution >= 4 is 23.0 Å². The molecule has 2 aromatic carbocycles. The van der Waals surface area contributed by atoms with Gasteiger partial charge in [-0.1, -0.05) is 23.7 Å². The molecule has 0 atom stereocenters. The first kappa shape index (κ1) is 11.4. The molecule has 0 heterocycles. The summed E-state index contributed by atoms with van der Waals surface area (Å²) in [5.74, 6) is -0.422. The molecule has 4 heteroatoms. The number of nitrogens with zero attached hydrogens (tertiary/aromatic N) is 1. The van der Waals surface area contributed by atoms with Crippen LogP contribution in [0.5, 0.6) is 0 Å². The molecular weight excluding hydrogens is 239 g/mol. The molecule has 0 unspecified atom stereocenters. The van der Waals surface area contributed by atoms with Gasteiger partial charge in [-0.05, 0) is 30.3 Å². The van der Waals surface area contributed by atoms with Crippen LogP contribution in [0.3, 0.4) is 0 Å². The molecule has 2 rings (SSSR count). The van der Waals surface area contributed by atoms with Crippen molar-refractivity contribution < 1.29 is 4.39 Å². The van der Waals surface area contributed by atoms with Crippen LogP contribution in [0.25, 0.3) is 0 Å². The largest absolute Gasteiger partial charge is 0.354 e. The van der Waals surface area contributed by atoms with Gasteiger partial charge in [-0.25, -0.2) is 4.39 Å². The van der Waals surface area contributed by atoms with E-state index in [1.807, 2.05) is 0 Å². The zero-order valence-electron chi connectivity index (χ0n) is 8.74. The summed E-state index contributed by atoms with van der Waals surface area (Å²) in [5, 5.41) is 12.2. The summed E-state index contributed by atoms with van der Waals surface area (Å²) in [4.78, 5) is 0. The van der Waals surface area contributed by atoms with Gasteiger partial charge < -0.3 is 5.32 Å². The molecular formula is C13H8ClFN2. The monoisotopic (exact) mass is 246 g/mol. The van der Waals surface area contributed by atoms with E-state index < -0.39 is 5.82 Å². The van der Waals surface area contributed by atoms with Gasteiger partial charge in [0.05, 0.1) is 11.3 Å². The van der Waals surface area contributed by atoms with Crippen molar-refractivity contribution in [2.24, 2.45) is 0 Å². The van der Waals surface area contributed by atoms with Gasteiger partial charge in [-0.15, -0.1) is 0 Å². The predicted octanol–water partition coefficient (Wildman–Crippen LogP) is 4.09. The zero-order valence-corrected chi connectivity index (χ0v) is 9.50. The summed E-state index contributed by atoms with van der Waals surface area (Å²) >= 11 is 5.75. The van der Waals surface area contributed by atoms with Gasteiger partial charge in [0.1, 0.15) is 11.9 Å². The highest BCUT2D eigenvalue weighted by molar-refractivity contribution is 6.30. The minimum atomic E-state index is -0.422. The Morgan fingerprint density at radius 1 is 1.18 bits per heavy atom. The molecule has 0 bridgehead atoms. The molecule has 84 valence electrons. The summed E-state index contributed by atoms with van der Waals surface area (Å²) < 4.78 is 13.1. The van der Waals surface area contributed by atoms with E-state index in [0.29, 0.717) is 22.0 Å². The molecule has 0 aliphatic heterocycles. The maximum atomic E-state index is 13.1. The first-order chi connectivity index (χ1) is 8.19. The average molecular weight is 247 g/mol. The van der Waals surface area contributed by atoms with E-state index >= 15 is 0 Å². The molecule has 2 nitrogen and oxygen atoms in total. The molecule has 17 heavy (non-hydrogen) atoms. The molecule has 0 radical (unpaired) electrons. The number of para-hydroxylation sites is 1. The Morgan fingerprint density at radius 2 is 1.94 bits per heavy atom. The van der Waals surface area contributed by atoms with E-state index in [-0.39, 0.29) is 0 Å². The van der Waals surface area contributed by atoms with Crippen molar-refractivity contribution in [3.8, 4) is 6.07 Å². The van der Waals surface area contributed by atoms with Crippen molar-refractivity contribution in [1.82, 2.24) is 0 Å². The molecule has 0 amide bonds. The third-order valence-corrected chi connectivity index (χ3v) is 2.41. The van der Waals surface area contributed by atoms with E-state index in [1.165, 1.54) is 12.1 Å². The fraction of sp³-hybridized carbons (Fsp3) is 0. The zero-order chi connectivity index (χ0) is 12.3. The smallest absolute Gasteiger partial charge is 0.126 e. The third-order valence-electron chi connectivity index (χ3n) is 2.19. The maximum Gasteiger partial charge on any atom is 0.126 e. The Kier molecular flexibility index (Phi) is 3.27. The number of benzene rings is 2. The van der Waals surface area contributed by atoms with Crippen LogP contribution < -0.4 is 5.32 Å². The number of hydrogen-bond donors (Lipinski definition) is 1. The van der Waals surface area contributed by atoms with Crippen LogP contribution in [-0.2, 0) is 0 Å². The van der Waals surface area contributed by atoms with Gasteiger partial charge in [0.2, 0.25) is 0 Å². The van der Waals surface area contributed by atoms with E-state index in [0.717, 1.165) is 0 Å². The van der Waals surface area contributed by atoms with E-state index in [4.69, 9.17) is 16.9 Å². The lowest BCUT2D eigenvalue weighted by Crippen LogP contribution is -1.93. The second-order valence-corrected chi connectivity index (χ2v) is 3.88. The number of rotatable bonds is 2. The highest BCUT2D eigenvalue weighted by Crippen LogP contribution is 2.23. The standard InChI is InChI=1S/C13H8ClFN2/c14-10-5-11(15)7-12(6-10)17-13-4-2-1-3-9(13)8-16/h1-7,17H. The average Bonchev–Trinajstić information content (AvgIpc) is 2.28. The number of hydrogen-bond acceptors (Lipinski definition) is 2. The van der Waals surface area contributed by atoms with Gasteiger partial charge in [-0.2, -0.15) is 5.26 Å². The Hall–Kier alpha value is -2.05. The summed E-state index contributed by atoms with van der Waals surface area (Å²) in [5.41, 5.74) is 1.63. The lowest BCUT2D eigenvalue weighted by Gasteiger charge is -2.08. The van der Waals surface area contributed by atoms with Crippen molar-refractivity contribution in [3.63, 3.8) is 0 Å². The van der Waals surface area contributed by atoms with Crippen LogP contribution in [0.2, 0.25) is 5.02 Å². The lowest BCUT2D eigenvalue weighted by atomic mass is 10.2. The molecule has 1 N–H and O–H groups in total. The molecule has 0 aromatic heterocycles. The van der Waals surface area contributed by atoms with Gasteiger partial charge in [0.25, 0.3) is 0 Å². The van der Waals surface area contributed by atoms with Crippen LogP contribution in [0.15, 0.2) is 42.5 Å². The highest BCUT2D eigenvalue weighted by atomic mass is 35.5. The number of anilines is 2. The highest BCUT2D eigenvalue weighted by Gasteiger charge is 2.03. The summed E-state index contributed by atoms with van der Waals surface area (Å²) in [6.07, 6.45) is 0. The lowest BCUT2D eigenvalue weighted by molar-refractivity contribution is 0.628. The molecule has 2 aromatic rings.